The van der Waals surface area contributed by atoms with Crippen molar-refractivity contribution >= 4 is 35.4 Å². The van der Waals surface area contributed by atoms with Crippen LogP contribution in [0, 0.1) is 6.92 Å². The summed E-state index contributed by atoms with van der Waals surface area (Å²) < 4.78 is 16.7. The van der Waals surface area contributed by atoms with E-state index < -0.39 is 0 Å². The quantitative estimate of drug-likeness (QED) is 0.339. The Balaban J connectivity index is 1.62. The molecule has 0 saturated carbocycles. The van der Waals surface area contributed by atoms with Crippen LogP contribution in [0.25, 0.3) is 6.08 Å². The number of amides is 1. The number of aromatic amines is 1. The van der Waals surface area contributed by atoms with Crippen molar-refractivity contribution in [3.8, 4) is 23.1 Å². The highest BCUT2D eigenvalue weighted by Gasteiger charge is 2.21. The Morgan fingerprint density at radius 2 is 1.95 bits per heavy atom. The number of ether oxygens (including phenoxy) is 3. The molecule has 1 fully saturated rings. The van der Waals surface area contributed by atoms with Crippen molar-refractivity contribution in [2.24, 2.45) is 0 Å². The van der Waals surface area contributed by atoms with Crippen LogP contribution in [0.15, 0.2) is 36.9 Å². The maximum absolute atomic E-state index is 12.0. The van der Waals surface area contributed by atoms with Crippen molar-refractivity contribution in [3.63, 3.8) is 0 Å². The standard InChI is InChI=1S/C25H28ClN7O4/c1-5-6-7-17-15(2)29-22(30-17)13-28-21-12-24(32-25(31-21)33-9-8-27-23(34)14-33)37-18-11-20(36-4)19(35-3)10-16(18)26/h5-7,10-12H,1,8-9,13-14H2,2-4H3,(H,27,34)(H,29,30)(H,28,31,32)/b7-6-. The number of halogens is 1. The number of nitrogens with one attached hydrogen (secondary N) is 3. The first-order chi connectivity index (χ1) is 17.9. The maximum atomic E-state index is 12.0. The summed E-state index contributed by atoms with van der Waals surface area (Å²) in [5.74, 6) is 2.94. The molecule has 1 saturated heterocycles. The van der Waals surface area contributed by atoms with Gasteiger partial charge in [-0.05, 0) is 13.0 Å². The van der Waals surface area contributed by atoms with Crippen LogP contribution in [0.2, 0.25) is 5.02 Å². The van der Waals surface area contributed by atoms with Crippen molar-refractivity contribution in [2.45, 2.75) is 13.5 Å². The molecule has 0 radical (unpaired) electrons. The normalized spacial score (nSPS) is 13.4. The molecule has 11 nitrogen and oxygen atoms in total. The summed E-state index contributed by atoms with van der Waals surface area (Å²) in [6, 6.07) is 4.87. The minimum absolute atomic E-state index is 0.107. The molecule has 37 heavy (non-hydrogen) atoms. The highest BCUT2D eigenvalue weighted by Crippen LogP contribution is 2.39. The van der Waals surface area contributed by atoms with Gasteiger partial charge in [-0.15, -0.1) is 0 Å². The Bertz CT molecular complexity index is 1320. The second-order valence-electron chi connectivity index (χ2n) is 8.04. The van der Waals surface area contributed by atoms with Crippen LogP contribution < -0.4 is 29.7 Å². The van der Waals surface area contributed by atoms with E-state index in [2.05, 4.69) is 37.1 Å². The number of allylic oxidation sites excluding steroid dienone is 2. The minimum Gasteiger partial charge on any atom is -0.493 e. The summed E-state index contributed by atoms with van der Waals surface area (Å²) in [5.41, 5.74) is 1.76. The molecule has 3 heterocycles. The van der Waals surface area contributed by atoms with Crippen LogP contribution in [0.5, 0.6) is 23.1 Å². The fourth-order valence-corrected chi connectivity index (χ4v) is 3.84. The lowest BCUT2D eigenvalue weighted by Gasteiger charge is -2.27. The highest BCUT2D eigenvalue weighted by atomic mass is 35.5. The molecule has 194 valence electrons. The van der Waals surface area contributed by atoms with Gasteiger partial charge in [-0.1, -0.05) is 30.3 Å². The largest absolute Gasteiger partial charge is 0.493 e. The van der Waals surface area contributed by atoms with Crippen LogP contribution in [-0.2, 0) is 11.3 Å². The third-order valence-electron chi connectivity index (χ3n) is 5.46. The fraction of sp³-hybridized carbons (Fsp3) is 0.280. The molecule has 3 aromatic rings. The zero-order chi connectivity index (χ0) is 26.4. The van der Waals surface area contributed by atoms with E-state index in [9.17, 15) is 4.79 Å². The first-order valence-corrected chi connectivity index (χ1v) is 11.9. The van der Waals surface area contributed by atoms with Gasteiger partial charge in [0.1, 0.15) is 11.6 Å². The van der Waals surface area contributed by atoms with Crippen LogP contribution in [-0.4, -0.2) is 59.7 Å². The number of aromatic nitrogens is 4. The topological polar surface area (TPSA) is 127 Å². The van der Waals surface area contributed by atoms with Gasteiger partial charge in [0.15, 0.2) is 17.2 Å². The van der Waals surface area contributed by atoms with E-state index in [1.807, 2.05) is 19.1 Å². The molecule has 0 bridgehead atoms. The molecule has 12 heteroatoms. The molecule has 1 amide bonds. The van der Waals surface area contributed by atoms with Crippen molar-refractivity contribution in [1.29, 1.82) is 0 Å². The summed E-state index contributed by atoms with van der Waals surface area (Å²) in [6.07, 6.45) is 5.40. The number of H-pyrrole nitrogens is 1. The SMILES string of the molecule is C=C/C=C\c1nc(CNc2cc(Oc3cc(OC)c(OC)cc3Cl)nc(N3CCNC(=O)C3)n2)[nH]c1C. The molecule has 1 aromatic carbocycles. The highest BCUT2D eigenvalue weighted by molar-refractivity contribution is 6.32. The Labute approximate surface area is 219 Å². The number of anilines is 2. The van der Waals surface area contributed by atoms with Gasteiger partial charge < -0.3 is 34.7 Å². The van der Waals surface area contributed by atoms with Crippen LogP contribution in [0.3, 0.4) is 0 Å². The number of hydrogen-bond donors (Lipinski definition) is 3. The Hall–Kier alpha value is -4.25. The van der Waals surface area contributed by atoms with E-state index in [0.29, 0.717) is 53.7 Å². The Morgan fingerprint density at radius 3 is 2.68 bits per heavy atom. The molecular formula is C25H28ClN7O4. The summed E-state index contributed by atoms with van der Waals surface area (Å²) in [5, 5.41) is 6.37. The van der Waals surface area contributed by atoms with Gasteiger partial charge in [-0.25, -0.2) is 4.98 Å². The molecule has 2 aromatic heterocycles. The van der Waals surface area contributed by atoms with Crippen molar-refractivity contribution in [2.75, 3.05) is 44.1 Å². The van der Waals surface area contributed by atoms with Gasteiger partial charge >= 0.3 is 0 Å². The molecule has 3 N–H and O–H groups in total. The van der Waals surface area contributed by atoms with Crippen molar-refractivity contribution in [3.05, 3.63) is 59.2 Å². The minimum atomic E-state index is -0.107. The molecule has 0 atom stereocenters. The molecule has 0 spiro atoms. The molecule has 1 aliphatic heterocycles. The number of hydrogen-bond acceptors (Lipinski definition) is 9. The van der Waals surface area contributed by atoms with Crippen molar-refractivity contribution < 1.29 is 19.0 Å². The lowest BCUT2D eigenvalue weighted by Crippen LogP contribution is -2.48. The molecule has 0 unspecified atom stereocenters. The number of carbonyl (C=O) groups is 1. The molecule has 1 aliphatic rings. The number of rotatable bonds is 10. The van der Waals surface area contributed by atoms with Gasteiger partial charge in [0.05, 0.1) is 38.0 Å². The van der Waals surface area contributed by atoms with E-state index in [1.54, 1.807) is 29.2 Å². The summed E-state index contributed by atoms with van der Waals surface area (Å²) in [7, 11) is 3.05. The Kier molecular flexibility index (Phi) is 8.14. The number of imidazole rings is 1. The fourth-order valence-electron chi connectivity index (χ4n) is 3.65. The number of nitrogens with zero attached hydrogens (tertiary/aromatic N) is 4. The number of carbonyl (C=O) groups excluding carboxylic acids is 1. The van der Waals surface area contributed by atoms with Gasteiger partial charge in [0, 0.05) is 37.0 Å². The van der Waals surface area contributed by atoms with Gasteiger partial charge in [-0.2, -0.15) is 9.97 Å². The number of methoxy groups -OCH3 is 2. The van der Waals surface area contributed by atoms with E-state index in [4.69, 9.17) is 25.8 Å². The average molecular weight is 526 g/mol. The van der Waals surface area contributed by atoms with Gasteiger partial charge in [0.2, 0.25) is 17.7 Å². The van der Waals surface area contributed by atoms with Gasteiger partial charge in [-0.3, -0.25) is 4.79 Å². The van der Waals surface area contributed by atoms with E-state index in [-0.39, 0.29) is 18.3 Å². The average Bonchev–Trinajstić information content (AvgIpc) is 3.26. The second-order valence-corrected chi connectivity index (χ2v) is 8.45. The lowest BCUT2D eigenvalue weighted by molar-refractivity contribution is -0.120. The first-order valence-electron chi connectivity index (χ1n) is 11.5. The summed E-state index contributed by atoms with van der Waals surface area (Å²) in [4.78, 5) is 30.7. The maximum Gasteiger partial charge on any atom is 0.239 e. The molecule has 0 aliphatic carbocycles. The van der Waals surface area contributed by atoms with E-state index in [1.165, 1.54) is 14.2 Å². The third kappa shape index (κ3) is 6.31. The second kappa shape index (κ2) is 11.7. The summed E-state index contributed by atoms with van der Waals surface area (Å²) >= 11 is 6.42. The monoisotopic (exact) mass is 525 g/mol. The van der Waals surface area contributed by atoms with Crippen LogP contribution >= 0.6 is 11.6 Å². The zero-order valence-corrected chi connectivity index (χ0v) is 21.6. The number of piperazine rings is 1. The van der Waals surface area contributed by atoms with E-state index in [0.717, 1.165) is 17.2 Å². The van der Waals surface area contributed by atoms with Gasteiger partial charge in [0.25, 0.3) is 0 Å². The Morgan fingerprint density at radius 1 is 1.16 bits per heavy atom. The first kappa shape index (κ1) is 25.8. The zero-order valence-electron chi connectivity index (χ0n) is 20.8. The predicted octanol–water partition coefficient (Wildman–Crippen LogP) is 3.72. The lowest BCUT2D eigenvalue weighted by atomic mass is 10.3. The van der Waals surface area contributed by atoms with Crippen LogP contribution in [0.1, 0.15) is 17.2 Å². The van der Waals surface area contributed by atoms with E-state index >= 15 is 0 Å². The summed E-state index contributed by atoms with van der Waals surface area (Å²) in [6.45, 7) is 7.19. The third-order valence-corrected chi connectivity index (χ3v) is 5.76. The number of aryl methyl sites for hydroxylation is 1. The molecular weight excluding hydrogens is 498 g/mol. The van der Waals surface area contributed by atoms with Crippen LogP contribution in [0.4, 0.5) is 11.8 Å². The smallest absolute Gasteiger partial charge is 0.239 e. The molecule has 4 rings (SSSR count). The predicted molar refractivity (Wildman–Crippen MR) is 142 cm³/mol. The number of benzene rings is 1. The van der Waals surface area contributed by atoms with Crippen molar-refractivity contribution in [1.82, 2.24) is 25.3 Å².